The van der Waals surface area contributed by atoms with Crippen LogP contribution < -0.4 is 0 Å². The van der Waals surface area contributed by atoms with Crippen molar-refractivity contribution in [3.05, 3.63) is 47.5 Å². The van der Waals surface area contributed by atoms with Gasteiger partial charge in [-0.05, 0) is 97.1 Å². The molecule has 23 heteroatoms. The van der Waals surface area contributed by atoms with Crippen LogP contribution >= 0.6 is 0 Å². The largest absolute Gasteiger partial charge is 0.458 e. The van der Waals surface area contributed by atoms with Crippen LogP contribution in [0, 0.1) is 22.7 Å². The number of hydrogen-bond donors (Lipinski definition) is 7. The second kappa shape index (κ2) is 25.7. The van der Waals surface area contributed by atoms with E-state index >= 15 is 0 Å². The molecule has 29 atom stereocenters. The smallest absolute Gasteiger partial charge is 0.338 e. The summed E-state index contributed by atoms with van der Waals surface area (Å²) < 4.78 is 87.6. The minimum Gasteiger partial charge on any atom is -0.458 e. The molecule has 4 aliphatic carbocycles. The van der Waals surface area contributed by atoms with Crippen LogP contribution in [0.2, 0.25) is 0 Å². The lowest BCUT2D eigenvalue weighted by atomic mass is 9.43. The molecule has 1 aromatic rings. The van der Waals surface area contributed by atoms with Crippen LogP contribution in [0.1, 0.15) is 129 Å². The minimum atomic E-state index is -1.70. The molecule has 3 saturated carbocycles. The van der Waals surface area contributed by atoms with Crippen LogP contribution in [0.25, 0.3) is 0 Å². The number of aliphatic hydroxyl groups excluding tert-OH is 5. The van der Waals surface area contributed by atoms with Gasteiger partial charge in [-0.15, -0.1) is 0 Å². The number of ether oxygens (including phenoxy) is 14. The van der Waals surface area contributed by atoms with E-state index in [1.807, 2.05) is 26.8 Å². The summed E-state index contributed by atoms with van der Waals surface area (Å²) in [6.45, 7) is 12.2. The lowest BCUT2D eigenvalue weighted by Crippen LogP contribution is -2.75. The highest BCUT2D eigenvalue weighted by Gasteiger charge is 2.77. The highest BCUT2D eigenvalue weighted by Crippen LogP contribution is 2.70. The van der Waals surface area contributed by atoms with Crippen molar-refractivity contribution in [1.29, 1.82) is 0 Å². The van der Waals surface area contributed by atoms with E-state index in [2.05, 4.69) is 13.0 Å². The zero-order valence-electron chi connectivity index (χ0n) is 50.0. The summed E-state index contributed by atoms with van der Waals surface area (Å²) in [5.74, 6) is -1.70. The van der Waals surface area contributed by atoms with Crippen molar-refractivity contribution in [1.82, 2.24) is 0 Å². The first-order chi connectivity index (χ1) is 39.9. The molecule has 8 fully saturated rings. The molecule has 0 amide bonds. The Morgan fingerprint density at radius 2 is 1.15 bits per heavy atom. The van der Waals surface area contributed by atoms with Gasteiger partial charge in [0, 0.05) is 64.3 Å². The third kappa shape index (κ3) is 11.8. The lowest BCUT2D eigenvalue weighted by Gasteiger charge is -2.66. The second-order valence-corrected chi connectivity index (χ2v) is 25.7. The first kappa shape index (κ1) is 64.3. The summed E-state index contributed by atoms with van der Waals surface area (Å²) in [6.07, 6.45) is -13.2. The van der Waals surface area contributed by atoms with E-state index < -0.39 is 182 Å². The summed E-state index contributed by atoms with van der Waals surface area (Å²) in [5.41, 5.74) is -3.55. The van der Waals surface area contributed by atoms with Gasteiger partial charge in [0.25, 0.3) is 0 Å². The van der Waals surface area contributed by atoms with Gasteiger partial charge in [-0.3, -0.25) is 4.79 Å². The number of rotatable bonds is 17. The van der Waals surface area contributed by atoms with Crippen LogP contribution in [0.15, 0.2) is 42.0 Å². The van der Waals surface area contributed by atoms with Gasteiger partial charge in [0.05, 0.1) is 67.1 Å². The number of fused-ring (bicyclic) bond motifs is 5. The predicted molar refractivity (Wildman–Crippen MR) is 292 cm³/mol. The van der Waals surface area contributed by atoms with E-state index in [0.29, 0.717) is 44.1 Å². The molecule has 0 spiro atoms. The normalized spacial score (nSPS) is 49.6. The molecule has 474 valence electrons. The average Bonchev–Trinajstić information content (AvgIpc) is 1.30. The number of esters is 1. The molecular weight excluding hydrogens is 1100 g/mol. The number of ketones is 1. The quantitative estimate of drug-likeness (QED) is 0.0871. The maximum Gasteiger partial charge on any atom is 0.338 e. The highest BCUT2D eigenvalue weighted by atomic mass is 16.8. The molecule has 1 aromatic carbocycles. The third-order valence-corrected chi connectivity index (χ3v) is 21.0. The molecule has 5 aliphatic heterocycles. The van der Waals surface area contributed by atoms with E-state index in [-0.39, 0.29) is 44.0 Å². The molecule has 10 rings (SSSR count). The van der Waals surface area contributed by atoms with Gasteiger partial charge in [0.15, 0.2) is 31.5 Å². The Bertz CT molecular complexity index is 2420. The lowest BCUT2D eigenvalue weighted by molar-refractivity contribution is -0.358. The Morgan fingerprint density at radius 1 is 0.631 bits per heavy atom. The Labute approximate surface area is 491 Å². The van der Waals surface area contributed by atoms with Crippen molar-refractivity contribution in [2.24, 2.45) is 22.7 Å². The molecule has 0 radical (unpaired) electrons. The van der Waals surface area contributed by atoms with E-state index in [1.165, 1.54) is 14.0 Å². The fourth-order valence-corrected chi connectivity index (χ4v) is 16.2. The van der Waals surface area contributed by atoms with Gasteiger partial charge >= 0.3 is 5.97 Å². The van der Waals surface area contributed by atoms with Gasteiger partial charge in [-0.1, -0.05) is 43.7 Å². The van der Waals surface area contributed by atoms with E-state index in [1.54, 1.807) is 52.3 Å². The van der Waals surface area contributed by atoms with Crippen molar-refractivity contribution in [2.45, 2.75) is 272 Å². The van der Waals surface area contributed by atoms with Crippen molar-refractivity contribution < 1.29 is 112 Å². The molecule has 0 bridgehead atoms. The minimum absolute atomic E-state index is 0.0622. The fourth-order valence-electron chi connectivity index (χ4n) is 16.2. The number of Topliss-reactive ketones (excluding diaryl/α,β-unsaturated/α-hetero) is 1. The van der Waals surface area contributed by atoms with Gasteiger partial charge in [-0.25, -0.2) is 4.79 Å². The molecule has 84 heavy (non-hydrogen) atoms. The third-order valence-electron chi connectivity index (χ3n) is 21.0. The summed E-state index contributed by atoms with van der Waals surface area (Å²) in [5, 5.41) is 78.2. The van der Waals surface area contributed by atoms with Crippen molar-refractivity contribution in [3.8, 4) is 0 Å². The fraction of sp³-hybridized carbons (Fsp3) is 0.836. The second-order valence-electron chi connectivity index (χ2n) is 25.7. The number of benzene rings is 1. The van der Waals surface area contributed by atoms with Crippen molar-refractivity contribution in [2.75, 3.05) is 27.9 Å². The zero-order valence-corrected chi connectivity index (χ0v) is 50.0. The molecule has 7 N–H and O–H groups in total. The summed E-state index contributed by atoms with van der Waals surface area (Å²) in [7, 11) is 4.71. The molecular formula is C61H92O23. The van der Waals surface area contributed by atoms with Gasteiger partial charge in [-0.2, -0.15) is 0 Å². The molecule has 0 aromatic heterocycles. The first-order valence-electron chi connectivity index (χ1n) is 30.3. The van der Waals surface area contributed by atoms with Crippen molar-refractivity contribution in [3.63, 3.8) is 0 Å². The SMILES string of the molecule is CO[C@H]1C[C@H](O[C@H]2CC[C@@]3(C)C(=CC[C@]4(O)[C@@H]3C[C@@H](OC(=O)c3ccccc3)[C@]3(C)[C@@H](C(C)=O)CC[C@@]34O)C2)O[C@H](C)[C@H]1O[C@H]1C[C@H](OC)[C@H](O[C@H]2C[C@H](O)[C@H](O[C@H]3C[C@@H](OC)[C@H](O[C@@H]4O[C@H](CO)[C@@H](O)[C@H](O)[C@H]4O)[C@@H](C)O3)[C@@H](C)O2)[C@@H](C)O1. The Hall–Kier alpha value is -2.70. The number of carbonyl (C=O) groups excluding carboxylic acids is 2. The van der Waals surface area contributed by atoms with Crippen LogP contribution in [-0.2, 0) is 71.1 Å². The molecule has 5 heterocycles. The van der Waals surface area contributed by atoms with Gasteiger partial charge in [0.2, 0.25) is 0 Å². The predicted octanol–water partition coefficient (Wildman–Crippen LogP) is 2.89. The standard InChI is InChI=1S/C61H92O23/c1-29(63)37-18-21-61(70)59(37,7)44(80-56(68)34-14-12-11-13-15-34)27-43-58(6)19-17-36(22-35(58)16-20-60(43,61)69)78-46-24-39(71-8)54(31(3)75-46)83-48-25-40(72-9)53(32(4)76-48)82-45-23-38(64)52(30(2)74-45)81-47-26-41(73-10)55(33(5)77-47)84-57-51(67)50(66)49(65)42(28-62)79-57/h11-16,30-33,36-55,57,62,64-67,69-70H,17-28H2,1-10H3/t30-,31-,32-,33-,36+,37-,38+,39+,40+,41-,42-,43-,44-,45+,46+,47+,48+,49-,50+,51-,52-,53-,54-,55-,57+,58+,59+,60+,61-/m1/s1. The van der Waals surface area contributed by atoms with Gasteiger partial charge in [0.1, 0.15) is 71.9 Å². The topological polar surface area (TPSA) is 305 Å². The van der Waals surface area contributed by atoms with E-state index in [4.69, 9.17) is 66.3 Å². The molecule has 5 saturated heterocycles. The summed E-state index contributed by atoms with van der Waals surface area (Å²) in [4.78, 5) is 27.0. The maximum atomic E-state index is 13.7. The van der Waals surface area contributed by atoms with Gasteiger partial charge < -0.3 is 102 Å². The Balaban J connectivity index is 0.712. The first-order valence-corrected chi connectivity index (χ1v) is 30.3. The molecule has 9 aliphatic rings. The number of carbonyl (C=O) groups is 2. The Kier molecular flexibility index (Phi) is 19.6. The number of hydrogen-bond acceptors (Lipinski definition) is 23. The summed E-state index contributed by atoms with van der Waals surface area (Å²) in [6, 6.07) is 8.73. The number of methoxy groups -OCH3 is 3. The summed E-state index contributed by atoms with van der Waals surface area (Å²) >= 11 is 0. The van der Waals surface area contributed by atoms with E-state index in [0.717, 1.165) is 5.57 Å². The van der Waals surface area contributed by atoms with Crippen molar-refractivity contribution >= 4 is 11.8 Å². The van der Waals surface area contributed by atoms with E-state index in [9.17, 15) is 45.3 Å². The van der Waals surface area contributed by atoms with Crippen LogP contribution in [0.4, 0.5) is 0 Å². The molecule has 0 unspecified atom stereocenters. The maximum absolute atomic E-state index is 13.7. The Morgan fingerprint density at radius 3 is 1.69 bits per heavy atom. The molecule has 23 nitrogen and oxygen atoms in total. The monoisotopic (exact) mass is 1190 g/mol. The van der Waals surface area contributed by atoms with Crippen LogP contribution in [0.3, 0.4) is 0 Å². The number of aliphatic hydroxyl groups is 7. The van der Waals surface area contributed by atoms with Crippen LogP contribution in [0.5, 0.6) is 0 Å². The average molecular weight is 1190 g/mol. The zero-order chi connectivity index (χ0) is 60.4. The highest BCUT2D eigenvalue weighted by molar-refractivity contribution is 5.89. The van der Waals surface area contributed by atoms with Crippen LogP contribution in [-0.4, -0.2) is 228 Å².